The van der Waals surface area contributed by atoms with Crippen LogP contribution in [0.1, 0.15) is 60.9 Å². The first-order valence-electron chi connectivity index (χ1n) is 8.75. The zero-order valence-electron chi connectivity index (χ0n) is 15.0. The van der Waals surface area contributed by atoms with Crippen molar-refractivity contribution in [2.24, 2.45) is 5.73 Å². The molecule has 1 aromatic heterocycles. The third-order valence-corrected chi connectivity index (χ3v) is 4.66. The second kappa shape index (κ2) is 7.97. The maximum absolute atomic E-state index is 12.8. The highest BCUT2D eigenvalue weighted by molar-refractivity contribution is 5.95. The molecule has 0 saturated carbocycles. The number of nitrogens with two attached hydrogens (primary N) is 1. The van der Waals surface area contributed by atoms with Crippen LogP contribution >= 0.6 is 0 Å². The Morgan fingerprint density at radius 2 is 2.00 bits per heavy atom. The topological polar surface area (TPSA) is 60.5 Å². The third-order valence-electron chi connectivity index (χ3n) is 4.66. The number of carbonyl (C=O) groups is 1. The first kappa shape index (κ1) is 18.0. The smallest absolute Gasteiger partial charge is 0.255 e. The number of hydrogen-bond acceptors (Lipinski definition) is 3. The minimum Gasteiger partial charge on any atom is -0.378 e. The van der Waals surface area contributed by atoms with Gasteiger partial charge in [0.2, 0.25) is 0 Å². The van der Waals surface area contributed by atoms with Crippen molar-refractivity contribution in [1.29, 1.82) is 0 Å². The Kier molecular flexibility index (Phi) is 6.25. The molecule has 2 rings (SSSR count). The van der Waals surface area contributed by atoms with Gasteiger partial charge in [-0.05, 0) is 59.6 Å². The van der Waals surface area contributed by atoms with Gasteiger partial charge in [0, 0.05) is 37.1 Å². The predicted octanol–water partition coefficient (Wildman–Crippen LogP) is 2.66. The van der Waals surface area contributed by atoms with Gasteiger partial charge >= 0.3 is 0 Å². The normalized spacial score (nSPS) is 16.3. The largest absolute Gasteiger partial charge is 0.378 e. The van der Waals surface area contributed by atoms with Gasteiger partial charge < -0.3 is 19.9 Å². The highest BCUT2D eigenvalue weighted by Crippen LogP contribution is 2.23. The van der Waals surface area contributed by atoms with Crippen LogP contribution in [0.4, 0.5) is 0 Å². The lowest BCUT2D eigenvalue weighted by Gasteiger charge is -2.32. The maximum Gasteiger partial charge on any atom is 0.255 e. The molecule has 2 heterocycles. The number of aromatic nitrogens is 1. The lowest BCUT2D eigenvalue weighted by atomic mass is 10.1. The number of likely N-dealkylation sites (tertiary alicyclic amines) is 1. The Balaban J connectivity index is 1.96. The molecule has 1 saturated heterocycles. The van der Waals surface area contributed by atoms with E-state index < -0.39 is 0 Å². The second-order valence-electron chi connectivity index (χ2n) is 6.75. The van der Waals surface area contributed by atoms with E-state index in [0.717, 1.165) is 55.9 Å². The van der Waals surface area contributed by atoms with Crippen LogP contribution in [0.25, 0.3) is 0 Å². The standard InChI is InChI=1S/C18H31N3O2/c1-13(2)21-14(3)12-17(15(21)4)18(22)20-9-6-16(7-10-20)23-11-5-8-19/h12-13,16H,5-11,19H2,1-4H3. The number of ether oxygens (including phenoxy) is 1. The Morgan fingerprint density at radius 1 is 1.35 bits per heavy atom. The fourth-order valence-electron chi connectivity index (χ4n) is 3.52. The van der Waals surface area contributed by atoms with E-state index in [4.69, 9.17) is 10.5 Å². The van der Waals surface area contributed by atoms with Crippen LogP contribution in [0.5, 0.6) is 0 Å². The molecule has 2 N–H and O–H groups in total. The molecule has 0 unspecified atom stereocenters. The molecule has 1 aliphatic heterocycles. The van der Waals surface area contributed by atoms with E-state index >= 15 is 0 Å². The minimum atomic E-state index is 0.158. The van der Waals surface area contributed by atoms with Crippen LogP contribution in [-0.2, 0) is 4.74 Å². The summed E-state index contributed by atoms with van der Waals surface area (Å²) in [5, 5.41) is 0. The maximum atomic E-state index is 12.8. The predicted molar refractivity (Wildman–Crippen MR) is 92.8 cm³/mol. The van der Waals surface area contributed by atoms with Crippen LogP contribution in [0, 0.1) is 13.8 Å². The van der Waals surface area contributed by atoms with Gasteiger partial charge in [-0.15, -0.1) is 0 Å². The number of aryl methyl sites for hydroxylation is 1. The van der Waals surface area contributed by atoms with E-state index in [0.29, 0.717) is 12.6 Å². The summed E-state index contributed by atoms with van der Waals surface area (Å²) in [4.78, 5) is 14.8. The molecule has 23 heavy (non-hydrogen) atoms. The number of amides is 1. The first-order valence-corrected chi connectivity index (χ1v) is 8.75. The van der Waals surface area contributed by atoms with E-state index in [1.807, 2.05) is 17.9 Å². The number of piperidine rings is 1. The molecule has 1 aromatic rings. The van der Waals surface area contributed by atoms with Crippen molar-refractivity contribution in [3.05, 3.63) is 23.0 Å². The highest BCUT2D eigenvalue weighted by Gasteiger charge is 2.26. The summed E-state index contributed by atoms with van der Waals surface area (Å²) < 4.78 is 8.05. The lowest BCUT2D eigenvalue weighted by molar-refractivity contribution is 0.00843. The minimum absolute atomic E-state index is 0.158. The van der Waals surface area contributed by atoms with Crippen LogP contribution in [0.2, 0.25) is 0 Å². The van der Waals surface area contributed by atoms with Crippen molar-refractivity contribution in [3.63, 3.8) is 0 Å². The Hall–Kier alpha value is -1.33. The molecule has 0 atom stereocenters. The molecule has 0 aromatic carbocycles. The second-order valence-corrected chi connectivity index (χ2v) is 6.75. The van der Waals surface area contributed by atoms with Gasteiger partial charge in [0.25, 0.3) is 5.91 Å². The molecule has 5 nitrogen and oxygen atoms in total. The van der Waals surface area contributed by atoms with Crippen molar-refractivity contribution < 1.29 is 9.53 Å². The molecule has 1 aliphatic rings. The Morgan fingerprint density at radius 3 is 2.52 bits per heavy atom. The van der Waals surface area contributed by atoms with Crippen molar-refractivity contribution in [3.8, 4) is 0 Å². The van der Waals surface area contributed by atoms with Crippen molar-refractivity contribution >= 4 is 5.91 Å². The van der Waals surface area contributed by atoms with Gasteiger partial charge in [-0.2, -0.15) is 0 Å². The molecular formula is C18H31N3O2. The quantitative estimate of drug-likeness (QED) is 0.819. The van der Waals surface area contributed by atoms with Gasteiger partial charge in [0.05, 0.1) is 11.7 Å². The zero-order chi connectivity index (χ0) is 17.0. The molecule has 0 bridgehead atoms. The van der Waals surface area contributed by atoms with E-state index in [-0.39, 0.29) is 12.0 Å². The summed E-state index contributed by atoms with van der Waals surface area (Å²) in [7, 11) is 0. The molecule has 0 radical (unpaired) electrons. The van der Waals surface area contributed by atoms with Crippen LogP contribution in [0.15, 0.2) is 6.07 Å². The summed E-state index contributed by atoms with van der Waals surface area (Å²) in [6.45, 7) is 11.4. The molecule has 5 heteroatoms. The fraction of sp³-hybridized carbons (Fsp3) is 0.722. The van der Waals surface area contributed by atoms with Crippen LogP contribution < -0.4 is 5.73 Å². The van der Waals surface area contributed by atoms with Crippen molar-refractivity contribution in [1.82, 2.24) is 9.47 Å². The number of hydrogen-bond donors (Lipinski definition) is 1. The average Bonchev–Trinajstić information content (AvgIpc) is 2.82. The van der Waals surface area contributed by atoms with Crippen molar-refractivity contribution in [2.45, 2.75) is 59.1 Å². The summed E-state index contributed by atoms with van der Waals surface area (Å²) in [5.74, 6) is 0.158. The van der Waals surface area contributed by atoms with Crippen molar-refractivity contribution in [2.75, 3.05) is 26.2 Å². The Bertz CT molecular complexity index is 529. The van der Waals surface area contributed by atoms with Gasteiger partial charge in [-0.3, -0.25) is 4.79 Å². The van der Waals surface area contributed by atoms with E-state index in [1.54, 1.807) is 0 Å². The zero-order valence-corrected chi connectivity index (χ0v) is 15.0. The lowest BCUT2D eigenvalue weighted by Crippen LogP contribution is -2.41. The molecule has 130 valence electrons. The Labute approximate surface area is 139 Å². The van der Waals surface area contributed by atoms with E-state index in [1.165, 1.54) is 0 Å². The van der Waals surface area contributed by atoms with Crippen LogP contribution in [-0.4, -0.2) is 47.7 Å². The number of rotatable bonds is 6. The average molecular weight is 321 g/mol. The van der Waals surface area contributed by atoms with Gasteiger partial charge in [-0.25, -0.2) is 0 Å². The monoisotopic (exact) mass is 321 g/mol. The summed E-state index contributed by atoms with van der Waals surface area (Å²) in [6, 6.07) is 2.40. The molecule has 1 amide bonds. The molecule has 0 aliphatic carbocycles. The third kappa shape index (κ3) is 4.15. The summed E-state index contributed by atoms with van der Waals surface area (Å²) in [6.07, 6.45) is 3.01. The van der Waals surface area contributed by atoms with Gasteiger partial charge in [0.1, 0.15) is 0 Å². The SMILES string of the molecule is Cc1cc(C(=O)N2CCC(OCCCN)CC2)c(C)n1C(C)C. The molecular weight excluding hydrogens is 290 g/mol. The summed E-state index contributed by atoms with van der Waals surface area (Å²) >= 11 is 0. The van der Waals surface area contributed by atoms with E-state index in [9.17, 15) is 4.79 Å². The first-order chi connectivity index (χ1) is 11.0. The van der Waals surface area contributed by atoms with Gasteiger partial charge in [-0.1, -0.05) is 0 Å². The highest BCUT2D eigenvalue weighted by atomic mass is 16.5. The van der Waals surface area contributed by atoms with E-state index in [2.05, 4.69) is 25.3 Å². The van der Waals surface area contributed by atoms with Crippen LogP contribution in [0.3, 0.4) is 0 Å². The number of nitrogens with zero attached hydrogens (tertiary/aromatic N) is 2. The number of carbonyl (C=O) groups excluding carboxylic acids is 1. The summed E-state index contributed by atoms with van der Waals surface area (Å²) in [5.41, 5.74) is 8.56. The molecule has 0 spiro atoms. The molecule has 1 fully saturated rings. The fourth-order valence-corrected chi connectivity index (χ4v) is 3.52. The van der Waals surface area contributed by atoms with Gasteiger partial charge in [0.15, 0.2) is 0 Å².